The lowest BCUT2D eigenvalue weighted by atomic mass is 10.2. The fourth-order valence-electron chi connectivity index (χ4n) is 1.65. The first kappa shape index (κ1) is 15.6. The molecule has 0 radical (unpaired) electrons. The molecule has 0 bridgehead atoms. The van der Waals surface area contributed by atoms with Gasteiger partial charge in [-0.3, -0.25) is 4.79 Å². The lowest BCUT2D eigenvalue weighted by Crippen LogP contribution is -2.31. The smallest absolute Gasteiger partial charge is 0.322 e. The summed E-state index contributed by atoms with van der Waals surface area (Å²) in [5.74, 6) is -3.64. The van der Waals surface area contributed by atoms with Crippen molar-refractivity contribution in [1.29, 1.82) is 0 Å². The van der Waals surface area contributed by atoms with Gasteiger partial charge in [0.2, 0.25) is 0 Å². The molecule has 0 saturated carbocycles. The number of halogens is 2. The van der Waals surface area contributed by atoms with E-state index in [1.165, 1.54) is 0 Å². The van der Waals surface area contributed by atoms with E-state index < -0.39 is 37.6 Å². The van der Waals surface area contributed by atoms with Gasteiger partial charge in [0.1, 0.15) is 16.5 Å². The summed E-state index contributed by atoms with van der Waals surface area (Å²) < 4.78 is 50.6. The fraction of sp³-hybridized carbons (Fsp3) is 0.417. The summed E-state index contributed by atoms with van der Waals surface area (Å²) in [6, 6.07) is 1.95. The molecule has 0 aliphatic rings. The summed E-state index contributed by atoms with van der Waals surface area (Å²) in [6.07, 6.45) is 0.836. The fourth-order valence-corrected chi connectivity index (χ4v) is 3.32. The summed E-state index contributed by atoms with van der Waals surface area (Å²) in [7, 11) is -4.44. The van der Waals surface area contributed by atoms with Crippen molar-refractivity contribution in [1.82, 2.24) is 0 Å². The van der Waals surface area contributed by atoms with E-state index in [2.05, 4.69) is 0 Å². The second-order valence-electron chi connectivity index (χ2n) is 4.09. The zero-order valence-corrected chi connectivity index (χ0v) is 11.1. The summed E-state index contributed by atoms with van der Waals surface area (Å²) in [4.78, 5) is 10.1. The Balaban J connectivity index is 3.26. The third kappa shape index (κ3) is 3.50. The Bertz CT molecular complexity index is 569. The number of carbonyl (C=O) groups is 1. The zero-order chi connectivity index (χ0) is 14.6. The standard InChI is InChI=1S/C12H14F2O4S/c1-2-3-4-10(12(15)16)19(17,18)11-7-8(13)5-6-9(11)14/h5-7,10H,2-4H2,1H3,(H,15,16). The van der Waals surface area contributed by atoms with Crippen molar-refractivity contribution >= 4 is 15.8 Å². The lowest BCUT2D eigenvalue weighted by Gasteiger charge is -2.13. The topological polar surface area (TPSA) is 71.4 Å². The van der Waals surface area contributed by atoms with Crippen molar-refractivity contribution < 1.29 is 27.1 Å². The Morgan fingerprint density at radius 3 is 2.53 bits per heavy atom. The SMILES string of the molecule is CCCCC(C(=O)O)S(=O)(=O)c1cc(F)ccc1F. The van der Waals surface area contributed by atoms with E-state index in [9.17, 15) is 22.0 Å². The van der Waals surface area contributed by atoms with Gasteiger partial charge in [0, 0.05) is 0 Å². The highest BCUT2D eigenvalue weighted by molar-refractivity contribution is 7.92. The molecule has 0 amide bonds. The molecule has 1 unspecified atom stereocenters. The average Bonchev–Trinajstić information content (AvgIpc) is 2.32. The molecule has 1 rings (SSSR count). The van der Waals surface area contributed by atoms with Crippen LogP contribution in [0.5, 0.6) is 0 Å². The molecule has 7 heteroatoms. The first-order valence-corrected chi connectivity index (χ1v) is 7.27. The van der Waals surface area contributed by atoms with Gasteiger partial charge in [-0.2, -0.15) is 0 Å². The maximum atomic E-state index is 13.5. The van der Waals surface area contributed by atoms with Crippen LogP contribution in [0.3, 0.4) is 0 Å². The minimum absolute atomic E-state index is 0.135. The minimum Gasteiger partial charge on any atom is -0.480 e. The van der Waals surface area contributed by atoms with Gasteiger partial charge in [-0.05, 0) is 24.6 Å². The van der Waals surface area contributed by atoms with E-state index in [0.717, 1.165) is 6.07 Å². The molecular formula is C12H14F2O4S. The van der Waals surface area contributed by atoms with Crippen molar-refractivity contribution in [2.45, 2.75) is 36.3 Å². The number of hydrogen-bond acceptors (Lipinski definition) is 3. The highest BCUT2D eigenvalue weighted by atomic mass is 32.2. The van der Waals surface area contributed by atoms with E-state index in [1.807, 2.05) is 0 Å². The van der Waals surface area contributed by atoms with Crippen molar-refractivity contribution in [3.63, 3.8) is 0 Å². The van der Waals surface area contributed by atoms with Crippen LogP contribution in [-0.4, -0.2) is 24.7 Å². The molecule has 0 heterocycles. The lowest BCUT2D eigenvalue weighted by molar-refractivity contribution is -0.136. The van der Waals surface area contributed by atoms with Crippen molar-refractivity contribution in [2.75, 3.05) is 0 Å². The molecule has 19 heavy (non-hydrogen) atoms. The highest BCUT2D eigenvalue weighted by Crippen LogP contribution is 2.24. The van der Waals surface area contributed by atoms with Gasteiger partial charge in [0.15, 0.2) is 15.1 Å². The van der Waals surface area contributed by atoms with E-state index >= 15 is 0 Å². The molecule has 0 fully saturated rings. The van der Waals surface area contributed by atoms with Gasteiger partial charge in [0.05, 0.1) is 0 Å². The molecule has 0 saturated heterocycles. The normalized spacial score (nSPS) is 13.2. The van der Waals surface area contributed by atoms with Crippen LogP contribution in [0.4, 0.5) is 8.78 Å². The largest absolute Gasteiger partial charge is 0.480 e. The molecule has 0 aromatic heterocycles. The second-order valence-corrected chi connectivity index (χ2v) is 6.19. The predicted molar refractivity (Wildman–Crippen MR) is 64.5 cm³/mol. The van der Waals surface area contributed by atoms with Gasteiger partial charge >= 0.3 is 5.97 Å². The van der Waals surface area contributed by atoms with E-state index in [4.69, 9.17) is 5.11 Å². The third-order valence-electron chi connectivity index (χ3n) is 2.67. The van der Waals surface area contributed by atoms with E-state index in [-0.39, 0.29) is 6.42 Å². The Kier molecular flexibility index (Phi) is 4.99. The molecule has 106 valence electrons. The van der Waals surface area contributed by atoms with Crippen LogP contribution in [0, 0.1) is 11.6 Å². The van der Waals surface area contributed by atoms with Gasteiger partial charge in [0.25, 0.3) is 0 Å². The van der Waals surface area contributed by atoms with Gasteiger partial charge in [-0.15, -0.1) is 0 Å². The maximum absolute atomic E-state index is 13.5. The molecule has 1 N–H and O–H groups in total. The summed E-state index contributed by atoms with van der Waals surface area (Å²) in [6.45, 7) is 1.77. The molecule has 1 aromatic carbocycles. The van der Waals surface area contributed by atoms with Crippen LogP contribution in [0.15, 0.2) is 23.1 Å². The molecule has 0 aliphatic carbocycles. The van der Waals surface area contributed by atoms with E-state index in [0.29, 0.717) is 25.0 Å². The Morgan fingerprint density at radius 2 is 2.00 bits per heavy atom. The number of unbranched alkanes of at least 4 members (excludes halogenated alkanes) is 1. The van der Waals surface area contributed by atoms with Gasteiger partial charge in [-0.25, -0.2) is 17.2 Å². The molecule has 1 aromatic rings. The minimum atomic E-state index is -4.44. The quantitative estimate of drug-likeness (QED) is 0.873. The van der Waals surface area contributed by atoms with Gasteiger partial charge < -0.3 is 5.11 Å². The van der Waals surface area contributed by atoms with Crippen LogP contribution in [-0.2, 0) is 14.6 Å². The zero-order valence-electron chi connectivity index (χ0n) is 10.3. The second kappa shape index (κ2) is 6.10. The molecule has 0 aliphatic heterocycles. The van der Waals surface area contributed by atoms with E-state index in [1.54, 1.807) is 6.92 Å². The first-order valence-electron chi connectivity index (χ1n) is 5.72. The Hall–Kier alpha value is -1.50. The van der Waals surface area contributed by atoms with Crippen LogP contribution in [0.1, 0.15) is 26.2 Å². The number of carboxylic acid groups (broad SMARTS) is 1. The Morgan fingerprint density at radius 1 is 1.37 bits per heavy atom. The van der Waals surface area contributed by atoms with Gasteiger partial charge in [-0.1, -0.05) is 19.8 Å². The van der Waals surface area contributed by atoms with Crippen LogP contribution < -0.4 is 0 Å². The van der Waals surface area contributed by atoms with Crippen LogP contribution in [0.2, 0.25) is 0 Å². The molecule has 4 nitrogen and oxygen atoms in total. The summed E-state index contributed by atoms with van der Waals surface area (Å²) >= 11 is 0. The number of hydrogen-bond donors (Lipinski definition) is 1. The third-order valence-corrected chi connectivity index (χ3v) is 4.78. The summed E-state index contributed by atoms with van der Waals surface area (Å²) in [5.41, 5.74) is 0. The summed E-state index contributed by atoms with van der Waals surface area (Å²) in [5, 5.41) is 7.20. The maximum Gasteiger partial charge on any atom is 0.322 e. The van der Waals surface area contributed by atoms with Crippen molar-refractivity contribution in [2.24, 2.45) is 0 Å². The number of benzene rings is 1. The van der Waals surface area contributed by atoms with Crippen LogP contribution in [0.25, 0.3) is 0 Å². The van der Waals surface area contributed by atoms with Crippen molar-refractivity contribution in [3.05, 3.63) is 29.8 Å². The number of carboxylic acids is 1. The predicted octanol–water partition coefficient (Wildman–Crippen LogP) is 2.38. The number of sulfone groups is 1. The average molecular weight is 292 g/mol. The molecule has 1 atom stereocenters. The number of rotatable bonds is 6. The molecule has 0 spiro atoms. The monoisotopic (exact) mass is 292 g/mol. The number of aliphatic carboxylic acids is 1. The van der Waals surface area contributed by atoms with Crippen LogP contribution >= 0.6 is 0 Å². The van der Waals surface area contributed by atoms with Crippen molar-refractivity contribution in [3.8, 4) is 0 Å². The first-order chi connectivity index (χ1) is 8.80. The molecular weight excluding hydrogens is 278 g/mol. The Labute approximate surface area is 110 Å². The highest BCUT2D eigenvalue weighted by Gasteiger charge is 2.35.